The Morgan fingerprint density at radius 2 is 1.52 bits per heavy atom. The van der Waals surface area contributed by atoms with Gasteiger partial charge in [-0.1, -0.05) is 48.0 Å². The van der Waals surface area contributed by atoms with E-state index in [1.807, 2.05) is 14.2 Å². The van der Waals surface area contributed by atoms with Crippen molar-refractivity contribution in [1.82, 2.24) is 0 Å². The summed E-state index contributed by atoms with van der Waals surface area (Å²) >= 11 is 0. The molecule has 1 saturated carbocycles. The van der Waals surface area contributed by atoms with Gasteiger partial charge in [0.15, 0.2) is 5.79 Å². The van der Waals surface area contributed by atoms with E-state index in [0.29, 0.717) is 16.7 Å². The highest BCUT2D eigenvalue weighted by Gasteiger charge is 2.51. The zero-order valence-electron chi connectivity index (χ0n) is 17.3. The molecule has 1 aliphatic rings. The minimum absolute atomic E-state index is 0.256. The second kappa shape index (κ2) is 7.57. The molecule has 2 nitrogen and oxygen atoms in total. The average molecular weight is 343 g/mol. The van der Waals surface area contributed by atoms with Crippen LogP contribution in [0.15, 0.2) is 0 Å². The molecule has 0 amide bonds. The lowest BCUT2D eigenvalue weighted by Crippen LogP contribution is -2.50. The van der Waals surface area contributed by atoms with Gasteiger partial charge in [0.2, 0.25) is 0 Å². The largest absolute Gasteiger partial charge is 0.353 e. The first kappa shape index (κ1) is 21.2. The van der Waals surface area contributed by atoms with E-state index in [4.69, 9.17) is 9.47 Å². The highest BCUT2D eigenvalue weighted by Crippen LogP contribution is 2.55. The Balaban J connectivity index is 2.79. The third-order valence-corrected chi connectivity index (χ3v) is 7.44. The molecule has 0 saturated heterocycles. The Kier molecular flexibility index (Phi) is 6.97. The standard InChI is InChI=1S/C20H42O2Si/c1-16(13-18(5,6)15-17(2,3)4)14-19(23)11-9-10-12-20(19,21-7)22-8/h16H,9-15H2,1-8,23H3. The zero-order chi connectivity index (χ0) is 17.9. The van der Waals surface area contributed by atoms with Crippen LogP contribution in [0.2, 0.25) is 5.04 Å². The number of hydrogen-bond donors (Lipinski definition) is 0. The van der Waals surface area contributed by atoms with Crippen LogP contribution in [0.4, 0.5) is 0 Å². The Labute approximate surface area is 148 Å². The maximum Gasteiger partial charge on any atom is 0.169 e. The number of hydrogen-bond acceptors (Lipinski definition) is 2. The van der Waals surface area contributed by atoms with Gasteiger partial charge in [-0.2, -0.15) is 0 Å². The molecule has 1 fully saturated rings. The first-order valence-electron chi connectivity index (χ1n) is 9.49. The van der Waals surface area contributed by atoms with E-state index in [1.54, 1.807) is 0 Å². The van der Waals surface area contributed by atoms with Crippen molar-refractivity contribution in [3.05, 3.63) is 0 Å². The van der Waals surface area contributed by atoms with E-state index >= 15 is 0 Å². The van der Waals surface area contributed by atoms with Crippen molar-refractivity contribution in [2.45, 2.75) is 97.3 Å². The SMILES string of the molecule is COC1(OC)CCCCC1([SiH3])CC(C)CC(C)(C)CC(C)(C)C. The van der Waals surface area contributed by atoms with E-state index in [9.17, 15) is 0 Å². The van der Waals surface area contributed by atoms with E-state index in [1.165, 1.54) is 38.5 Å². The fourth-order valence-corrected chi connectivity index (χ4v) is 7.40. The first-order valence-corrected chi connectivity index (χ1v) is 10.5. The summed E-state index contributed by atoms with van der Waals surface area (Å²) in [6.07, 6.45) is 8.70. The fraction of sp³-hybridized carbons (Fsp3) is 1.00. The molecule has 0 aromatic carbocycles. The maximum atomic E-state index is 5.97. The summed E-state index contributed by atoms with van der Waals surface area (Å²) in [4.78, 5) is 0. The van der Waals surface area contributed by atoms with Gasteiger partial charge in [-0.25, -0.2) is 0 Å². The van der Waals surface area contributed by atoms with Gasteiger partial charge in [-0.3, -0.25) is 0 Å². The number of methoxy groups -OCH3 is 2. The van der Waals surface area contributed by atoms with Crippen LogP contribution in [0.1, 0.15) is 86.5 Å². The van der Waals surface area contributed by atoms with Gasteiger partial charge in [-0.05, 0) is 48.9 Å². The molecule has 2 atom stereocenters. The third kappa shape index (κ3) is 5.57. The van der Waals surface area contributed by atoms with Crippen molar-refractivity contribution in [2.75, 3.05) is 14.2 Å². The summed E-state index contributed by atoms with van der Waals surface area (Å²) in [6.45, 7) is 14.4. The molecule has 0 aromatic rings. The van der Waals surface area contributed by atoms with Gasteiger partial charge in [0.25, 0.3) is 0 Å². The number of rotatable bonds is 7. The minimum atomic E-state index is -0.333. The normalized spacial score (nSPS) is 27.1. The minimum Gasteiger partial charge on any atom is -0.353 e. The van der Waals surface area contributed by atoms with Gasteiger partial charge in [0, 0.05) is 35.9 Å². The van der Waals surface area contributed by atoms with Crippen molar-refractivity contribution in [3.63, 3.8) is 0 Å². The summed E-state index contributed by atoms with van der Waals surface area (Å²) in [5.41, 5.74) is 0.794. The predicted octanol–water partition coefficient (Wildman–Crippen LogP) is 4.95. The first-order chi connectivity index (χ1) is 10.4. The quantitative estimate of drug-likeness (QED) is 0.481. The molecule has 0 heterocycles. The Hall–Kier alpha value is 0.137. The zero-order valence-corrected chi connectivity index (χ0v) is 19.3. The Morgan fingerprint density at radius 1 is 1.00 bits per heavy atom. The third-order valence-electron chi connectivity index (χ3n) is 5.77. The van der Waals surface area contributed by atoms with Crippen LogP contribution in [-0.2, 0) is 9.47 Å². The molecule has 0 radical (unpaired) electrons. The summed E-state index contributed by atoms with van der Waals surface area (Å²) < 4.78 is 11.9. The molecule has 0 spiro atoms. The van der Waals surface area contributed by atoms with Crippen LogP contribution in [0.25, 0.3) is 0 Å². The lowest BCUT2D eigenvalue weighted by molar-refractivity contribution is -0.250. The van der Waals surface area contributed by atoms with Gasteiger partial charge >= 0.3 is 0 Å². The van der Waals surface area contributed by atoms with Crippen molar-refractivity contribution in [3.8, 4) is 0 Å². The monoisotopic (exact) mass is 342 g/mol. The van der Waals surface area contributed by atoms with Crippen molar-refractivity contribution >= 4 is 10.2 Å². The highest BCUT2D eigenvalue weighted by atomic mass is 28.1. The van der Waals surface area contributed by atoms with Crippen LogP contribution < -0.4 is 0 Å². The number of ether oxygens (including phenoxy) is 2. The molecular formula is C20H42O2Si. The van der Waals surface area contributed by atoms with Gasteiger partial charge in [-0.15, -0.1) is 0 Å². The molecule has 0 bridgehead atoms. The Bertz CT molecular complexity index is 368. The lowest BCUT2D eigenvalue weighted by atomic mass is 9.69. The molecule has 0 N–H and O–H groups in total. The Morgan fingerprint density at radius 3 is 2.00 bits per heavy atom. The fourth-order valence-electron chi connectivity index (χ4n) is 5.70. The summed E-state index contributed by atoms with van der Waals surface area (Å²) in [6, 6.07) is 0. The van der Waals surface area contributed by atoms with E-state index in [2.05, 4.69) is 41.5 Å². The van der Waals surface area contributed by atoms with Crippen LogP contribution >= 0.6 is 0 Å². The molecular weight excluding hydrogens is 300 g/mol. The van der Waals surface area contributed by atoms with Crippen LogP contribution in [0, 0.1) is 16.7 Å². The van der Waals surface area contributed by atoms with Crippen LogP contribution in [-0.4, -0.2) is 30.2 Å². The molecule has 3 heteroatoms. The molecule has 2 unspecified atom stereocenters. The summed E-state index contributed by atoms with van der Waals surface area (Å²) in [5.74, 6) is 0.382. The molecule has 138 valence electrons. The lowest BCUT2D eigenvalue weighted by Gasteiger charge is -2.51. The molecule has 23 heavy (non-hydrogen) atoms. The summed E-state index contributed by atoms with van der Waals surface area (Å²) in [7, 11) is 4.82. The second-order valence-corrected chi connectivity index (χ2v) is 12.3. The topological polar surface area (TPSA) is 18.5 Å². The van der Waals surface area contributed by atoms with E-state index in [-0.39, 0.29) is 10.8 Å². The average Bonchev–Trinajstić information content (AvgIpc) is 2.35. The van der Waals surface area contributed by atoms with E-state index < -0.39 is 0 Å². The molecule has 1 rings (SSSR count). The molecule has 1 aliphatic carbocycles. The van der Waals surface area contributed by atoms with Crippen molar-refractivity contribution in [1.29, 1.82) is 0 Å². The molecule has 0 aromatic heterocycles. The van der Waals surface area contributed by atoms with Crippen LogP contribution in [0.5, 0.6) is 0 Å². The van der Waals surface area contributed by atoms with Gasteiger partial charge in [0.05, 0.1) is 0 Å². The summed E-state index contributed by atoms with van der Waals surface area (Å²) in [5, 5.41) is 0.256. The highest BCUT2D eigenvalue weighted by molar-refractivity contribution is 6.16. The van der Waals surface area contributed by atoms with Gasteiger partial charge < -0.3 is 9.47 Å². The smallest absolute Gasteiger partial charge is 0.169 e. The van der Waals surface area contributed by atoms with Crippen molar-refractivity contribution < 1.29 is 9.47 Å². The second-order valence-electron chi connectivity index (χ2n) is 10.3. The van der Waals surface area contributed by atoms with Gasteiger partial charge in [0.1, 0.15) is 0 Å². The van der Waals surface area contributed by atoms with Crippen molar-refractivity contribution in [2.24, 2.45) is 16.7 Å². The van der Waals surface area contributed by atoms with E-state index in [0.717, 1.165) is 16.7 Å². The predicted molar refractivity (Wildman–Crippen MR) is 104 cm³/mol. The maximum absolute atomic E-state index is 5.97. The molecule has 0 aliphatic heterocycles. The van der Waals surface area contributed by atoms with Crippen LogP contribution in [0.3, 0.4) is 0 Å².